The van der Waals surface area contributed by atoms with Crippen LogP contribution in [-0.4, -0.2) is 29.6 Å². The molecule has 20 heavy (non-hydrogen) atoms. The maximum absolute atomic E-state index is 12.1. The van der Waals surface area contributed by atoms with Gasteiger partial charge in [-0.2, -0.15) is 0 Å². The minimum atomic E-state index is -0.760. The van der Waals surface area contributed by atoms with Gasteiger partial charge in [-0.15, -0.1) is 0 Å². The SMILES string of the molecule is COc1ccc2c(c1)C(=O)C(=O)C(CCC(C)=O)=C2O. The number of ether oxygens (including phenoxy) is 1. The molecular weight excluding hydrogens is 260 g/mol. The van der Waals surface area contributed by atoms with Gasteiger partial charge in [0.25, 0.3) is 0 Å². The van der Waals surface area contributed by atoms with E-state index >= 15 is 0 Å². The summed E-state index contributed by atoms with van der Waals surface area (Å²) in [5.74, 6) is -1.34. The van der Waals surface area contributed by atoms with Crippen molar-refractivity contribution < 1.29 is 24.2 Å². The summed E-state index contributed by atoms with van der Waals surface area (Å²) in [6.45, 7) is 1.39. The minimum absolute atomic E-state index is 0.00265. The summed E-state index contributed by atoms with van der Waals surface area (Å²) in [6, 6.07) is 4.55. The van der Waals surface area contributed by atoms with Crippen LogP contribution in [0.5, 0.6) is 5.75 Å². The molecule has 1 N–H and O–H groups in total. The predicted octanol–water partition coefficient (Wildman–Crippen LogP) is 2.10. The molecule has 0 aromatic heterocycles. The van der Waals surface area contributed by atoms with Crippen molar-refractivity contribution >= 4 is 23.1 Å². The van der Waals surface area contributed by atoms with E-state index in [0.717, 1.165) is 0 Å². The van der Waals surface area contributed by atoms with E-state index in [1.807, 2.05) is 0 Å². The molecule has 0 saturated heterocycles. The molecule has 0 aliphatic heterocycles. The van der Waals surface area contributed by atoms with Crippen molar-refractivity contribution in [2.75, 3.05) is 7.11 Å². The third-order valence-electron chi connectivity index (χ3n) is 3.22. The summed E-state index contributed by atoms with van der Waals surface area (Å²) in [7, 11) is 1.45. The number of benzene rings is 1. The van der Waals surface area contributed by atoms with Crippen molar-refractivity contribution in [1.82, 2.24) is 0 Å². The van der Waals surface area contributed by atoms with Crippen LogP contribution in [0, 0.1) is 0 Å². The molecular formula is C15H14O5. The average molecular weight is 274 g/mol. The molecule has 0 spiro atoms. The van der Waals surface area contributed by atoms with Crippen LogP contribution < -0.4 is 4.74 Å². The van der Waals surface area contributed by atoms with Gasteiger partial charge >= 0.3 is 0 Å². The van der Waals surface area contributed by atoms with Crippen molar-refractivity contribution in [3.8, 4) is 5.75 Å². The van der Waals surface area contributed by atoms with Gasteiger partial charge in [-0.3, -0.25) is 9.59 Å². The number of aliphatic hydroxyl groups excluding tert-OH is 1. The second-order valence-corrected chi connectivity index (χ2v) is 4.60. The second kappa shape index (κ2) is 5.28. The lowest BCUT2D eigenvalue weighted by molar-refractivity contribution is -0.117. The Morgan fingerprint density at radius 2 is 1.90 bits per heavy atom. The molecule has 1 aromatic rings. The second-order valence-electron chi connectivity index (χ2n) is 4.60. The zero-order valence-corrected chi connectivity index (χ0v) is 11.2. The van der Waals surface area contributed by atoms with Gasteiger partial charge in [0.2, 0.25) is 11.6 Å². The molecule has 0 atom stereocenters. The van der Waals surface area contributed by atoms with Crippen LogP contribution in [-0.2, 0) is 9.59 Å². The first-order chi connectivity index (χ1) is 9.45. The first kappa shape index (κ1) is 14.0. The van der Waals surface area contributed by atoms with E-state index in [1.165, 1.54) is 26.2 Å². The summed E-state index contributed by atoms with van der Waals surface area (Å²) >= 11 is 0. The normalized spacial score (nSPS) is 14.3. The summed E-state index contributed by atoms with van der Waals surface area (Å²) < 4.78 is 5.00. The zero-order valence-electron chi connectivity index (χ0n) is 11.2. The van der Waals surface area contributed by atoms with Gasteiger partial charge in [0.1, 0.15) is 17.3 Å². The molecule has 0 unspecified atom stereocenters. The van der Waals surface area contributed by atoms with E-state index in [1.54, 1.807) is 6.07 Å². The predicted molar refractivity (Wildman–Crippen MR) is 71.8 cm³/mol. The Hall–Kier alpha value is -2.43. The zero-order chi connectivity index (χ0) is 14.9. The van der Waals surface area contributed by atoms with E-state index < -0.39 is 11.6 Å². The van der Waals surface area contributed by atoms with Gasteiger partial charge in [0, 0.05) is 23.1 Å². The van der Waals surface area contributed by atoms with Gasteiger partial charge in [0.05, 0.1) is 7.11 Å². The van der Waals surface area contributed by atoms with Crippen LogP contribution in [0.4, 0.5) is 0 Å². The molecule has 0 fully saturated rings. The standard InChI is InChI=1S/C15H14O5/c1-8(16)3-5-11-13(17)10-6-4-9(20-2)7-12(10)15(19)14(11)18/h4,6-7,17H,3,5H2,1-2H3. The van der Waals surface area contributed by atoms with Gasteiger partial charge in [0.15, 0.2) is 0 Å². The number of allylic oxidation sites excluding steroid dienone is 1. The summed E-state index contributed by atoms with van der Waals surface area (Å²) in [5, 5.41) is 10.1. The molecule has 0 heterocycles. The largest absolute Gasteiger partial charge is 0.507 e. The molecule has 2 rings (SSSR count). The van der Waals surface area contributed by atoms with Crippen molar-refractivity contribution in [2.45, 2.75) is 19.8 Å². The molecule has 104 valence electrons. The number of hydrogen-bond donors (Lipinski definition) is 1. The molecule has 0 amide bonds. The highest BCUT2D eigenvalue weighted by molar-refractivity contribution is 6.52. The van der Waals surface area contributed by atoms with E-state index in [0.29, 0.717) is 11.3 Å². The lowest BCUT2D eigenvalue weighted by Crippen LogP contribution is -2.24. The number of Topliss-reactive ketones (excluding diaryl/α,β-unsaturated/α-hetero) is 3. The smallest absolute Gasteiger partial charge is 0.234 e. The molecule has 0 saturated carbocycles. The van der Waals surface area contributed by atoms with Crippen molar-refractivity contribution in [2.24, 2.45) is 0 Å². The Bertz CT molecular complexity index is 640. The van der Waals surface area contributed by atoms with E-state index in [2.05, 4.69) is 0 Å². The molecule has 5 nitrogen and oxygen atoms in total. The highest BCUT2D eigenvalue weighted by Crippen LogP contribution is 2.32. The molecule has 1 aliphatic rings. The monoisotopic (exact) mass is 274 g/mol. The Balaban J connectivity index is 2.50. The number of fused-ring (bicyclic) bond motifs is 1. The Labute approximate surface area is 115 Å². The van der Waals surface area contributed by atoms with Crippen LogP contribution in [0.3, 0.4) is 0 Å². The number of carbonyl (C=O) groups excluding carboxylic acids is 3. The minimum Gasteiger partial charge on any atom is -0.507 e. The summed E-state index contributed by atoms with van der Waals surface area (Å²) in [5.41, 5.74) is 0.426. The Morgan fingerprint density at radius 3 is 2.50 bits per heavy atom. The van der Waals surface area contributed by atoms with Crippen LogP contribution in [0.2, 0.25) is 0 Å². The highest BCUT2D eigenvalue weighted by atomic mass is 16.5. The maximum Gasteiger partial charge on any atom is 0.234 e. The van der Waals surface area contributed by atoms with Crippen molar-refractivity contribution in [3.63, 3.8) is 0 Å². The third-order valence-corrected chi connectivity index (χ3v) is 3.22. The average Bonchev–Trinajstić information content (AvgIpc) is 2.44. The quantitative estimate of drug-likeness (QED) is 0.850. The number of carbonyl (C=O) groups is 3. The van der Waals surface area contributed by atoms with Crippen LogP contribution >= 0.6 is 0 Å². The first-order valence-electron chi connectivity index (χ1n) is 6.14. The topological polar surface area (TPSA) is 80.7 Å². The first-order valence-corrected chi connectivity index (χ1v) is 6.14. The van der Waals surface area contributed by atoms with Gasteiger partial charge in [-0.1, -0.05) is 0 Å². The number of methoxy groups -OCH3 is 1. The van der Waals surface area contributed by atoms with E-state index in [4.69, 9.17) is 4.74 Å². The van der Waals surface area contributed by atoms with Crippen LogP contribution in [0.15, 0.2) is 23.8 Å². The fourth-order valence-electron chi connectivity index (χ4n) is 2.11. The molecule has 1 aromatic carbocycles. The van der Waals surface area contributed by atoms with Gasteiger partial charge < -0.3 is 14.6 Å². The van der Waals surface area contributed by atoms with Gasteiger partial charge in [-0.05, 0) is 31.5 Å². The molecule has 5 heteroatoms. The Kier molecular flexibility index (Phi) is 3.70. The van der Waals surface area contributed by atoms with Crippen LogP contribution in [0.1, 0.15) is 35.7 Å². The molecule has 0 radical (unpaired) electrons. The fraction of sp³-hybridized carbons (Fsp3) is 0.267. The fourth-order valence-corrected chi connectivity index (χ4v) is 2.11. The van der Waals surface area contributed by atoms with Crippen molar-refractivity contribution in [3.05, 3.63) is 34.9 Å². The summed E-state index contributed by atoms with van der Waals surface area (Å²) in [4.78, 5) is 35.0. The lowest BCUT2D eigenvalue weighted by Gasteiger charge is -2.18. The summed E-state index contributed by atoms with van der Waals surface area (Å²) in [6.07, 6.45) is 0.182. The molecule has 1 aliphatic carbocycles. The van der Waals surface area contributed by atoms with Crippen molar-refractivity contribution in [1.29, 1.82) is 0 Å². The number of hydrogen-bond acceptors (Lipinski definition) is 5. The highest BCUT2D eigenvalue weighted by Gasteiger charge is 2.32. The van der Waals surface area contributed by atoms with E-state index in [-0.39, 0.29) is 35.5 Å². The van der Waals surface area contributed by atoms with E-state index in [9.17, 15) is 19.5 Å². The van der Waals surface area contributed by atoms with Crippen LogP contribution in [0.25, 0.3) is 5.76 Å². The number of aliphatic hydroxyl groups is 1. The number of rotatable bonds is 4. The maximum atomic E-state index is 12.1. The van der Waals surface area contributed by atoms with Gasteiger partial charge in [-0.25, -0.2) is 0 Å². The third kappa shape index (κ3) is 2.34. The number of ketones is 3. The Morgan fingerprint density at radius 1 is 1.20 bits per heavy atom. The molecule has 0 bridgehead atoms. The lowest BCUT2D eigenvalue weighted by atomic mass is 9.86.